The molecular weight excluding hydrogens is 274 g/mol. The van der Waals surface area contributed by atoms with Crippen LogP contribution in [0.25, 0.3) is 0 Å². The highest BCUT2D eigenvalue weighted by atomic mass is 16.5. The monoisotopic (exact) mass is 299 g/mol. The van der Waals surface area contributed by atoms with Crippen LogP contribution in [0.15, 0.2) is 48.5 Å². The Morgan fingerprint density at radius 3 is 2.45 bits per heavy atom. The zero-order chi connectivity index (χ0) is 15.8. The summed E-state index contributed by atoms with van der Waals surface area (Å²) >= 11 is 0. The second-order valence-electron chi connectivity index (χ2n) is 5.62. The number of hydrogen-bond acceptors (Lipinski definition) is 3. The first-order valence-electron chi connectivity index (χ1n) is 7.82. The van der Waals surface area contributed by atoms with Gasteiger partial charge in [-0.1, -0.05) is 30.3 Å². The number of phenols is 1. The summed E-state index contributed by atoms with van der Waals surface area (Å²) in [5, 5.41) is 13.3. The van der Waals surface area contributed by atoms with E-state index >= 15 is 0 Å². The Labute approximate surface area is 133 Å². The van der Waals surface area contributed by atoms with E-state index in [1.807, 2.05) is 30.3 Å². The topological polar surface area (TPSA) is 41.5 Å². The average molecular weight is 299 g/mol. The third-order valence-electron chi connectivity index (χ3n) is 3.90. The lowest BCUT2D eigenvalue weighted by molar-refractivity contribution is 0.414. The molecule has 2 aromatic carbocycles. The molecule has 0 aliphatic heterocycles. The average Bonchev–Trinajstić information content (AvgIpc) is 2.55. The molecule has 118 valence electrons. The fraction of sp³-hybridized carbons (Fsp3) is 0.368. The summed E-state index contributed by atoms with van der Waals surface area (Å²) in [5.41, 5.74) is 2.33. The number of ether oxygens (including phenoxy) is 1. The van der Waals surface area contributed by atoms with Gasteiger partial charge in [-0.3, -0.25) is 0 Å². The van der Waals surface area contributed by atoms with Crippen LogP contribution in [0.4, 0.5) is 0 Å². The second kappa shape index (κ2) is 8.44. The lowest BCUT2D eigenvalue weighted by Crippen LogP contribution is -2.28. The maximum atomic E-state index is 9.76. The molecule has 0 heterocycles. The predicted octanol–water partition coefficient (Wildman–Crippen LogP) is 3.55. The first-order valence-corrected chi connectivity index (χ1v) is 7.82. The van der Waals surface area contributed by atoms with Crippen LogP contribution < -0.4 is 10.1 Å². The number of para-hydroxylation sites is 1. The second-order valence-corrected chi connectivity index (χ2v) is 5.62. The van der Waals surface area contributed by atoms with E-state index in [1.54, 1.807) is 13.2 Å². The minimum Gasteiger partial charge on any atom is -0.508 e. The molecule has 3 nitrogen and oxygen atoms in total. The van der Waals surface area contributed by atoms with Crippen molar-refractivity contribution in [3.63, 3.8) is 0 Å². The van der Waals surface area contributed by atoms with Crippen LogP contribution in [0.5, 0.6) is 11.5 Å². The normalized spacial score (nSPS) is 12.1. The van der Waals surface area contributed by atoms with E-state index < -0.39 is 0 Å². The van der Waals surface area contributed by atoms with Gasteiger partial charge in [-0.15, -0.1) is 0 Å². The van der Waals surface area contributed by atoms with E-state index in [-0.39, 0.29) is 0 Å². The Morgan fingerprint density at radius 2 is 1.77 bits per heavy atom. The zero-order valence-electron chi connectivity index (χ0n) is 13.4. The maximum absolute atomic E-state index is 9.76. The number of benzene rings is 2. The van der Waals surface area contributed by atoms with Crippen molar-refractivity contribution in [3.8, 4) is 11.5 Å². The molecule has 0 bridgehead atoms. The van der Waals surface area contributed by atoms with Crippen molar-refractivity contribution in [2.24, 2.45) is 0 Å². The molecule has 0 fully saturated rings. The van der Waals surface area contributed by atoms with Crippen LogP contribution in [-0.2, 0) is 12.8 Å². The number of nitrogens with one attached hydrogen (secondary N) is 1. The van der Waals surface area contributed by atoms with Crippen LogP contribution in [0, 0.1) is 0 Å². The van der Waals surface area contributed by atoms with Crippen LogP contribution in [0.2, 0.25) is 0 Å². The summed E-state index contributed by atoms with van der Waals surface area (Å²) in [7, 11) is 1.68. The van der Waals surface area contributed by atoms with Crippen molar-refractivity contribution in [2.75, 3.05) is 13.7 Å². The van der Waals surface area contributed by atoms with Gasteiger partial charge < -0.3 is 15.2 Å². The molecule has 2 rings (SSSR count). The number of aromatic hydroxyl groups is 1. The number of aryl methyl sites for hydroxylation is 1. The van der Waals surface area contributed by atoms with Gasteiger partial charge in [-0.2, -0.15) is 0 Å². The van der Waals surface area contributed by atoms with Crippen LogP contribution in [-0.4, -0.2) is 24.8 Å². The molecule has 1 unspecified atom stereocenters. The first-order chi connectivity index (χ1) is 10.7. The summed E-state index contributed by atoms with van der Waals surface area (Å²) in [6.45, 7) is 3.14. The predicted molar refractivity (Wildman–Crippen MR) is 90.6 cm³/mol. The molecule has 0 saturated heterocycles. The van der Waals surface area contributed by atoms with Crippen molar-refractivity contribution < 1.29 is 9.84 Å². The number of hydrogen-bond donors (Lipinski definition) is 2. The lowest BCUT2D eigenvalue weighted by atomic mass is 10.0. The van der Waals surface area contributed by atoms with E-state index in [4.69, 9.17) is 4.74 Å². The highest BCUT2D eigenvalue weighted by Gasteiger charge is 2.05. The first kappa shape index (κ1) is 16.4. The molecule has 0 saturated carbocycles. The standard InChI is InChI=1S/C19H25NO2/c1-15(7-10-17-5-3-4-6-19(17)21)20-14-13-16-8-11-18(22-2)12-9-16/h3-6,8-9,11-12,15,20-21H,7,10,13-14H2,1-2H3. The Morgan fingerprint density at radius 1 is 1.05 bits per heavy atom. The van der Waals surface area contributed by atoms with Crippen LogP contribution in [0.3, 0.4) is 0 Å². The molecule has 1 atom stereocenters. The Kier molecular flexibility index (Phi) is 6.28. The summed E-state index contributed by atoms with van der Waals surface area (Å²) < 4.78 is 5.16. The van der Waals surface area contributed by atoms with Gasteiger partial charge in [-0.05, 0) is 62.1 Å². The van der Waals surface area contributed by atoms with E-state index in [1.165, 1.54) is 5.56 Å². The van der Waals surface area contributed by atoms with Gasteiger partial charge in [0.1, 0.15) is 11.5 Å². The molecule has 3 heteroatoms. The largest absolute Gasteiger partial charge is 0.508 e. The minimum absolute atomic E-state index is 0.396. The van der Waals surface area contributed by atoms with Gasteiger partial charge >= 0.3 is 0 Å². The van der Waals surface area contributed by atoms with Gasteiger partial charge in [0.05, 0.1) is 7.11 Å². The lowest BCUT2D eigenvalue weighted by Gasteiger charge is -2.14. The summed E-state index contributed by atoms with van der Waals surface area (Å²) in [5.74, 6) is 1.29. The van der Waals surface area contributed by atoms with E-state index in [9.17, 15) is 5.11 Å². The third kappa shape index (κ3) is 5.08. The minimum atomic E-state index is 0.396. The smallest absolute Gasteiger partial charge is 0.118 e. The van der Waals surface area contributed by atoms with E-state index in [2.05, 4.69) is 24.4 Å². The summed E-state index contributed by atoms with van der Waals surface area (Å²) in [6.07, 6.45) is 2.91. The number of rotatable bonds is 8. The van der Waals surface area contributed by atoms with Crippen molar-refractivity contribution in [2.45, 2.75) is 32.2 Å². The molecular formula is C19H25NO2. The summed E-state index contributed by atoms with van der Waals surface area (Å²) in [4.78, 5) is 0. The highest BCUT2D eigenvalue weighted by molar-refractivity contribution is 5.31. The molecule has 0 aliphatic carbocycles. The van der Waals surface area contributed by atoms with Crippen molar-refractivity contribution in [3.05, 3.63) is 59.7 Å². The van der Waals surface area contributed by atoms with Gasteiger partial charge in [-0.25, -0.2) is 0 Å². The van der Waals surface area contributed by atoms with Gasteiger partial charge in [0.15, 0.2) is 0 Å². The van der Waals surface area contributed by atoms with Gasteiger partial charge in [0.25, 0.3) is 0 Å². The fourth-order valence-electron chi connectivity index (χ4n) is 2.45. The molecule has 2 aromatic rings. The maximum Gasteiger partial charge on any atom is 0.118 e. The van der Waals surface area contributed by atoms with Crippen molar-refractivity contribution in [1.29, 1.82) is 0 Å². The molecule has 2 N–H and O–H groups in total. The highest BCUT2D eigenvalue weighted by Crippen LogP contribution is 2.18. The molecule has 0 amide bonds. The molecule has 0 aromatic heterocycles. The Balaban J connectivity index is 1.69. The molecule has 0 spiro atoms. The van der Waals surface area contributed by atoms with Gasteiger partial charge in [0.2, 0.25) is 0 Å². The zero-order valence-corrected chi connectivity index (χ0v) is 13.4. The SMILES string of the molecule is COc1ccc(CCNC(C)CCc2ccccc2O)cc1. The summed E-state index contributed by atoms with van der Waals surface area (Å²) in [6, 6.07) is 16.2. The van der Waals surface area contributed by atoms with Crippen molar-refractivity contribution in [1.82, 2.24) is 5.32 Å². The quantitative estimate of drug-likeness (QED) is 0.783. The van der Waals surface area contributed by atoms with Gasteiger partial charge in [0, 0.05) is 6.04 Å². The Bertz CT molecular complexity index is 566. The van der Waals surface area contributed by atoms with Crippen LogP contribution in [0.1, 0.15) is 24.5 Å². The third-order valence-corrected chi connectivity index (χ3v) is 3.90. The van der Waals surface area contributed by atoms with Crippen molar-refractivity contribution >= 4 is 0 Å². The van der Waals surface area contributed by atoms with E-state index in [0.29, 0.717) is 11.8 Å². The fourth-order valence-corrected chi connectivity index (χ4v) is 2.45. The van der Waals surface area contributed by atoms with Crippen LogP contribution >= 0.6 is 0 Å². The molecule has 0 radical (unpaired) electrons. The molecule has 22 heavy (non-hydrogen) atoms. The van der Waals surface area contributed by atoms with E-state index in [0.717, 1.165) is 37.1 Å². The number of methoxy groups -OCH3 is 1. The Hall–Kier alpha value is -2.00. The number of phenolic OH excluding ortho intramolecular Hbond substituents is 1. The molecule has 0 aliphatic rings.